The fraction of sp³-hybridized carbons (Fsp3) is 0.500. The molecule has 2 rings (SSSR count). The number of carboxylic acids is 1. The Labute approximate surface area is 110 Å². The zero-order chi connectivity index (χ0) is 13.1. The lowest BCUT2D eigenvalue weighted by molar-refractivity contribution is 0.0696. The van der Waals surface area contributed by atoms with Crippen molar-refractivity contribution in [1.82, 2.24) is 4.98 Å². The molecule has 1 atom stereocenters. The van der Waals surface area contributed by atoms with Crippen LogP contribution in [0.3, 0.4) is 0 Å². The van der Waals surface area contributed by atoms with Gasteiger partial charge in [0.25, 0.3) is 0 Å². The van der Waals surface area contributed by atoms with Gasteiger partial charge in [0.2, 0.25) is 0 Å². The van der Waals surface area contributed by atoms with Crippen LogP contribution in [0, 0.1) is 0 Å². The van der Waals surface area contributed by atoms with Gasteiger partial charge in [-0.15, -0.1) is 0 Å². The fourth-order valence-electron chi connectivity index (χ4n) is 2.11. The summed E-state index contributed by atoms with van der Waals surface area (Å²) in [5, 5.41) is 9.20. The first-order valence-corrected chi connectivity index (χ1v) is 6.16. The summed E-state index contributed by atoms with van der Waals surface area (Å²) >= 11 is 5.85. The van der Waals surface area contributed by atoms with Gasteiger partial charge in [-0.25, -0.2) is 9.78 Å². The predicted octanol–water partition coefficient (Wildman–Crippen LogP) is 2.05. The van der Waals surface area contributed by atoms with Crippen LogP contribution in [0.2, 0.25) is 5.15 Å². The van der Waals surface area contributed by atoms with Gasteiger partial charge in [-0.3, -0.25) is 0 Å². The lowest BCUT2D eigenvalue weighted by atomic mass is 10.1. The van der Waals surface area contributed by atoms with Gasteiger partial charge in [-0.05, 0) is 25.0 Å². The maximum Gasteiger partial charge on any atom is 0.335 e. The molecule has 0 aliphatic carbocycles. The fourth-order valence-corrected chi connectivity index (χ4v) is 2.31. The van der Waals surface area contributed by atoms with Crippen LogP contribution in [0.4, 0.5) is 5.82 Å². The largest absolute Gasteiger partial charge is 0.478 e. The molecule has 5 nitrogen and oxygen atoms in total. The Morgan fingerprint density at radius 3 is 3.06 bits per heavy atom. The van der Waals surface area contributed by atoms with E-state index in [0.717, 1.165) is 19.4 Å². The molecule has 1 unspecified atom stereocenters. The molecule has 0 bridgehead atoms. The Kier molecular flexibility index (Phi) is 4.04. The minimum atomic E-state index is -0.999. The van der Waals surface area contributed by atoms with Crippen molar-refractivity contribution in [2.75, 3.05) is 25.1 Å². The highest BCUT2D eigenvalue weighted by Gasteiger charge is 2.21. The second-order valence-electron chi connectivity index (χ2n) is 4.29. The van der Waals surface area contributed by atoms with E-state index in [4.69, 9.17) is 21.4 Å². The molecular formula is C12H15ClN2O3. The number of methoxy groups -OCH3 is 1. The molecule has 1 saturated heterocycles. The monoisotopic (exact) mass is 270 g/mol. The number of hydrogen-bond donors (Lipinski definition) is 1. The third-order valence-electron chi connectivity index (χ3n) is 3.06. The van der Waals surface area contributed by atoms with Crippen molar-refractivity contribution < 1.29 is 14.6 Å². The van der Waals surface area contributed by atoms with Gasteiger partial charge in [0, 0.05) is 20.2 Å². The number of carbonyl (C=O) groups is 1. The van der Waals surface area contributed by atoms with Gasteiger partial charge in [0.15, 0.2) is 0 Å². The van der Waals surface area contributed by atoms with Crippen LogP contribution in [0.25, 0.3) is 0 Å². The summed E-state index contributed by atoms with van der Waals surface area (Å²) in [4.78, 5) is 17.2. The molecule has 1 fully saturated rings. The number of carboxylic acid groups (broad SMARTS) is 1. The van der Waals surface area contributed by atoms with E-state index in [2.05, 4.69) is 4.98 Å². The molecule has 0 aromatic carbocycles. The van der Waals surface area contributed by atoms with Crippen LogP contribution in [0.15, 0.2) is 12.1 Å². The number of nitrogens with zero attached hydrogens (tertiary/aromatic N) is 2. The number of aromatic carboxylic acids is 1. The number of piperidine rings is 1. The van der Waals surface area contributed by atoms with E-state index in [0.29, 0.717) is 12.4 Å². The lowest BCUT2D eigenvalue weighted by Gasteiger charge is -2.32. The molecule has 1 aliphatic rings. The summed E-state index contributed by atoms with van der Waals surface area (Å²) in [7, 11) is 1.68. The molecule has 1 aliphatic heterocycles. The minimum absolute atomic E-state index is 0.157. The Hall–Kier alpha value is -1.33. The van der Waals surface area contributed by atoms with E-state index in [1.165, 1.54) is 6.07 Å². The summed E-state index contributed by atoms with van der Waals surface area (Å²) in [6, 6.07) is 2.90. The molecule has 98 valence electrons. The summed E-state index contributed by atoms with van der Waals surface area (Å²) in [6.45, 7) is 1.55. The number of hydrogen-bond acceptors (Lipinski definition) is 4. The maximum atomic E-state index is 11.0. The molecule has 1 aromatic rings. The highest BCUT2D eigenvalue weighted by molar-refractivity contribution is 6.29. The number of rotatable bonds is 3. The molecule has 0 radical (unpaired) electrons. The molecule has 0 amide bonds. The minimum Gasteiger partial charge on any atom is -0.478 e. The number of anilines is 1. The van der Waals surface area contributed by atoms with Crippen LogP contribution >= 0.6 is 11.6 Å². The lowest BCUT2D eigenvalue weighted by Crippen LogP contribution is -2.39. The van der Waals surface area contributed by atoms with E-state index < -0.39 is 5.97 Å². The van der Waals surface area contributed by atoms with Gasteiger partial charge in [-0.1, -0.05) is 11.6 Å². The number of aromatic nitrogens is 1. The molecule has 1 N–H and O–H groups in total. The van der Waals surface area contributed by atoms with Gasteiger partial charge in [0.1, 0.15) is 11.0 Å². The summed E-state index contributed by atoms with van der Waals surface area (Å²) in [5.74, 6) is -0.400. The smallest absolute Gasteiger partial charge is 0.335 e. The zero-order valence-corrected chi connectivity index (χ0v) is 10.9. The number of ether oxygens (including phenoxy) is 1. The van der Waals surface area contributed by atoms with Gasteiger partial charge >= 0.3 is 5.97 Å². The summed E-state index contributed by atoms with van der Waals surface area (Å²) in [6.07, 6.45) is 2.17. The predicted molar refractivity (Wildman–Crippen MR) is 68.5 cm³/mol. The van der Waals surface area contributed by atoms with Crippen LogP contribution in [-0.2, 0) is 4.74 Å². The van der Waals surface area contributed by atoms with Crippen LogP contribution < -0.4 is 4.90 Å². The second-order valence-corrected chi connectivity index (χ2v) is 4.68. The van der Waals surface area contributed by atoms with Crippen molar-refractivity contribution in [2.45, 2.75) is 18.9 Å². The van der Waals surface area contributed by atoms with Crippen LogP contribution in [-0.4, -0.2) is 42.4 Å². The Balaban J connectivity index is 2.24. The maximum absolute atomic E-state index is 11.0. The van der Waals surface area contributed by atoms with Crippen molar-refractivity contribution in [2.24, 2.45) is 0 Å². The third kappa shape index (κ3) is 2.91. The average Bonchev–Trinajstić information content (AvgIpc) is 2.38. The molecule has 2 heterocycles. The normalized spacial score (nSPS) is 19.9. The van der Waals surface area contributed by atoms with E-state index >= 15 is 0 Å². The van der Waals surface area contributed by atoms with Gasteiger partial charge < -0.3 is 14.7 Å². The van der Waals surface area contributed by atoms with Crippen LogP contribution in [0.1, 0.15) is 23.2 Å². The summed E-state index contributed by atoms with van der Waals surface area (Å²) < 4.78 is 5.33. The Morgan fingerprint density at radius 2 is 2.39 bits per heavy atom. The summed E-state index contributed by atoms with van der Waals surface area (Å²) in [5.41, 5.74) is 0.157. The molecule has 1 aromatic heterocycles. The molecule has 6 heteroatoms. The van der Waals surface area contributed by atoms with Crippen molar-refractivity contribution >= 4 is 23.4 Å². The average molecular weight is 271 g/mol. The highest BCUT2D eigenvalue weighted by Crippen LogP contribution is 2.22. The topological polar surface area (TPSA) is 62.7 Å². The third-order valence-corrected chi connectivity index (χ3v) is 3.26. The highest BCUT2D eigenvalue weighted by atomic mass is 35.5. The molecule has 0 saturated carbocycles. The molecule has 18 heavy (non-hydrogen) atoms. The standard InChI is InChI=1S/C12H15ClN2O3/c1-18-9-3-2-4-15(7-9)11-6-8(12(16)17)5-10(13)14-11/h5-6,9H,2-4,7H2,1H3,(H,16,17). The SMILES string of the molecule is COC1CCCN(c2cc(C(=O)O)cc(Cl)n2)C1. The second kappa shape index (κ2) is 5.54. The molecular weight excluding hydrogens is 256 g/mol. The van der Waals surface area contributed by atoms with Crippen molar-refractivity contribution in [3.63, 3.8) is 0 Å². The Bertz CT molecular complexity index is 453. The van der Waals surface area contributed by atoms with E-state index in [1.54, 1.807) is 13.2 Å². The van der Waals surface area contributed by atoms with Gasteiger partial charge in [-0.2, -0.15) is 0 Å². The van der Waals surface area contributed by atoms with E-state index in [9.17, 15) is 4.79 Å². The first kappa shape index (κ1) is 13.1. The molecule has 0 spiro atoms. The van der Waals surface area contributed by atoms with Crippen molar-refractivity contribution in [3.05, 3.63) is 22.8 Å². The van der Waals surface area contributed by atoms with E-state index in [-0.39, 0.29) is 16.8 Å². The number of pyridine rings is 1. The quantitative estimate of drug-likeness (QED) is 0.852. The van der Waals surface area contributed by atoms with Crippen molar-refractivity contribution in [1.29, 1.82) is 0 Å². The zero-order valence-electron chi connectivity index (χ0n) is 10.1. The van der Waals surface area contributed by atoms with Gasteiger partial charge in [0.05, 0.1) is 11.7 Å². The van der Waals surface area contributed by atoms with Crippen LogP contribution in [0.5, 0.6) is 0 Å². The van der Waals surface area contributed by atoms with E-state index in [1.807, 2.05) is 4.90 Å². The first-order chi connectivity index (χ1) is 8.60. The van der Waals surface area contributed by atoms with Crippen molar-refractivity contribution in [3.8, 4) is 0 Å². The first-order valence-electron chi connectivity index (χ1n) is 5.79. The number of halogens is 1. The Morgan fingerprint density at radius 1 is 1.61 bits per heavy atom.